The Hall–Kier alpha value is -2.14. The van der Waals surface area contributed by atoms with E-state index in [9.17, 15) is 9.18 Å². The van der Waals surface area contributed by atoms with Gasteiger partial charge < -0.3 is 0 Å². The molecule has 0 saturated heterocycles. The summed E-state index contributed by atoms with van der Waals surface area (Å²) < 4.78 is 14.8. The second-order valence-electron chi connectivity index (χ2n) is 5.76. The molecule has 2 aromatic carbocycles. The largest absolute Gasteiger partial charge is 0.284 e. The summed E-state index contributed by atoms with van der Waals surface area (Å²) >= 11 is 1.51. The van der Waals surface area contributed by atoms with Gasteiger partial charge in [0.25, 0.3) is 5.56 Å². The van der Waals surface area contributed by atoms with Crippen LogP contribution in [0.25, 0.3) is 10.9 Å². The van der Waals surface area contributed by atoms with Crippen LogP contribution in [0.15, 0.2) is 58.5 Å². The first-order valence-corrected chi connectivity index (χ1v) is 8.97. The topological polar surface area (TPSA) is 34.9 Å². The number of aromatic nitrogens is 2. The standard InChI is InChI=1S/C19H19FN2OS/c1-3-13(2)22-18(23)16-6-4-5-7-17(16)21-19(22)24-12-14-8-10-15(20)11-9-14/h4-11,13H,3,12H2,1-2H3/t13-/m1/s1. The molecule has 1 aromatic heterocycles. The van der Waals surface area contributed by atoms with Gasteiger partial charge in [-0.2, -0.15) is 0 Å². The lowest BCUT2D eigenvalue weighted by atomic mass is 10.2. The van der Waals surface area contributed by atoms with Gasteiger partial charge in [0.05, 0.1) is 10.9 Å². The minimum atomic E-state index is -0.246. The minimum absolute atomic E-state index is 0.00319. The minimum Gasteiger partial charge on any atom is -0.284 e. The van der Waals surface area contributed by atoms with E-state index in [2.05, 4.69) is 11.9 Å². The van der Waals surface area contributed by atoms with Crippen LogP contribution >= 0.6 is 11.8 Å². The van der Waals surface area contributed by atoms with Crippen molar-refractivity contribution in [3.8, 4) is 0 Å². The van der Waals surface area contributed by atoms with Crippen LogP contribution in [-0.2, 0) is 5.75 Å². The van der Waals surface area contributed by atoms with Crippen LogP contribution in [0.3, 0.4) is 0 Å². The summed E-state index contributed by atoms with van der Waals surface area (Å²) in [7, 11) is 0. The number of rotatable bonds is 5. The van der Waals surface area contributed by atoms with Crippen LogP contribution in [0.1, 0.15) is 31.9 Å². The third-order valence-corrected chi connectivity index (χ3v) is 5.11. The van der Waals surface area contributed by atoms with Crippen molar-refractivity contribution in [2.75, 3.05) is 0 Å². The number of hydrogen-bond donors (Lipinski definition) is 0. The number of nitrogens with zero attached hydrogens (tertiary/aromatic N) is 2. The summed E-state index contributed by atoms with van der Waals surface area (Å²) in [5.74, 6) is 0.394. The summed E-state index contributed by atoms with van der Waals surface area (Å²) in [6.07, 6.45) is 0.851. The van der Waals surface area contributed by atoms with E-state index in [0.717, 1.165) is 12.0 Å². The molecular formula is C19H19FN2OS. The molecule has 0 radical (unpaired) electrons. The van der Waals surface area contributed by atoms with E-state index in [1.807, 2.05) is 31.2 Å². The van der Waals surface area contributed by atoms with Crippen molar-refractivity contribution < 1.29 is 4.39 Å². The van der Waals surface area contributed by atoms with E-state index in [1.54, 1.807) is 16.7 Å². The van der Waals surface area contributed by atoms with E-state index in [4.69, 9.17) is 0 Å². The fourth-order valence-corrected chi connectivity index (χ4v) is 3.58. The highest BCUT2D eigenvalue weighted by Crippen LogP contribution is 2.25. The van der Waals surface area contributed by atoms with Gasteiger partial charge in [0, 0.05) is 11.8 Å². The molecule has 0 saturated carbocycles. The summed E-state index contributed by atoms with van der Waals surface area (Å²) in [5.41, 5.74) is 1.71. The zero-order valence-electron chi connectivity index (χ0n) is 13.7. The smallest absolute Gasteiger partial charge is 0.262 e. The van der Waals surface area contributed by atoms with E-state index in [-0.39, 0.29) is 17.4 Å². The first-order valence-electron chi connectivity index (χ1n) is 7.98. The van der Waals surface area contributed by atoms with Crippen LogP contribution in [0.5, 0.6) is 0 Å². The Morgan fingerprint density at radius 2 is 1.88 bits per heavy atom. The lowest BCUT2D eigenvalue weighted by molar-refractivity contribution is 0.468. The van der Waals surface area contributed by atoms with Crippen molar-refractivity contribution in [1.29, 1.82) is 0 Å². The number of benzene rings is 2. The van der Waals surface area contributed by atoms with Crippen LogP contribution < -0.4 is 5.56 Å². The molecule has 0 aliphatic heterocycles. The van der Waals surface area contributed by atoms with Gasteiger partial charge in [0.2, 0.25) is 0 Å². The third-order valence-electron chi connectivity index (χ3n) is 4.09. The predicted octanol–water partition coefficient (Wildman–Crippen LogP) is 4.80. The Labute approximate surface area is 144 Å². The Morgan fingerprint density at radius 3 is 2.58 bits per heavy atom. The van der Waals surface area contributed by atoms with Gasteiger partial charge in [-0.1, -0.05) is 43.0 Å². The van der Waals surface area contributed by atoms with Gasteiger partial charge in [-0.25, -0.2) is 9.37 Å². The SMILES string of the molecule is CC[C@@H](C)n1c(SCc2ccc(F)cc2)nc2ccccc2c1=O. The third kappa shape index (κ3) is 3.36. The highest BCUT2D eigenvalue weighted by Gasteiger charge is 2.15. The fourth-order valence-electron chi connectivity index (χ4n) is 2.53. The number of thioether (sulfide) groups is 1. The maximum Gasteiger partial charge on any atom is 0.262 e. The second-order valence-corrected chi connectivity index (χ2v) is 6.70. The van der Waals surface area contributed by atoms with Crippen molar-refractivity contribution >= 4 is 22.7 Å². The maximum atomic E-state index is 13.0. The average Bonchev–Trinajstić information content (AvgIpc) is 2.61. The molecular weight excluding hydrogens is 323 g/mol. The van der Waals surface area contributed by atoms with Gasteiger partial charge >= 0.3 is 0 Å². The summed E-state index contributed by atoms with van der Waals surface area (Å²) in [6.45, 7) is 4.08. The molecule has 3 nitrogen and oxygen atoms in total. The molecule has 0 N–H and O–H groups in total. The molecule has 0 bridgehead atoms. The summed E-state index contributed by atoms with van der Waals surface area (Å²) in [6, 6.07) is 13.9. The van der Waals surface area contributed by atoms with Crippen molar-refractivity contribution in [3.05, 3.63) is 70.3 Å². The quantitative estimate of drug-likeness (QED) is 0.493. The Kier molecular flexibility index (Phi) is 5.00. The van der Waals surface area contributed by atoms with Crippen molar-refractivity contribution in [1.82, 2.24) is 9.55 Å². The first-order chi connectivity index (χ1) is 11.6. The number of para-hydroxylation sites is 1. The molecule has 3 aromatic rings. The van der Waals surface area contributed by atoms with Gasteiger partial charge in [-0.15, -0.1) is 0 Å². The summed E-state index contributed by atoms with van der Waals surface area (Å²) in [5, 5.41) is 1.35. The second kappa shape index (κ2) is 7.18. The maximum absolute atomic E-state index is 13.0. The summed E-state index contributed by atoms with van der Waals surface area (Å²) in [4.78, 5) is 17.6. The van der Waals surface area contributed by atoms with Crippen molar-refractivity contribution in [2.24, 2.45) is 0 Å². The number of fused-ring (bicyclic) bond motifs is 1. The van der Waals surface area contributed by atoms with E-state index < -0.39 is 0 Å². The van der Waals surface area contributed by atoms with Crippen LogP contribution in [0.2, 0.25) is 0 Å². The molecule has 0 spiro atoms. The monoisotopic (exact) mass is 342 g/mol. The molecule has 5 heteroatoms. The first kappa shape index (κ1) is 16.7. The zero-order chi connectivity index (χ0) is 17.1. The van der Waals surface area contributed by atoms with Gasteiger partial charge in [-0.3, -0.25) is 9.36 Å². The van der Waals surface area contributed by atoms with Gasteiger partial charge in [-0.05, 0) is 43.2 Å². The molecule has 24 heavy (non-hydrogen) atoms. The Morgan fingerprint density at radius 1 is 1.17 bits per heavy atom. The van der Waals surface area contributed by atoms with Crippen LogP contribution in [0, 0.1) is 5.82 Å². The highest BCUT2D eigenvalue weighted by atomic mass is 32.2. The van der Waals surface area contributed by atoms with Gasteiger partial charge in [0.15, 0.2) is 5.16 Å². The average molecular weight is 342 g/mol. The van der Waals surface area contributed by atoms with E-state index in [0.29, 0.717) is 21.8 Å². The number of halogens is 1. The van der Waals surface area contributed by atoms with Crippen LogP contribution in [-0.4, -0.2) is 9.55 Å². The lowest BCUT2D eigenvalue weighted by Crippen LogP contribution is -2.26. The molecule has 124 valence electrons. The van der Waals surface area contributed by atoms with Crippen LogP contribution in [0.4, 0.5) is 4.39 Å². The molecule has 0 fully saturated rings. The molecule has 0 aliphatic carbocycles. The highest BCUT2D eigenvalue weighted by molar-refractivity contribution is 7.98. The normalized spacial score (nSPS) is 12.5. The molecule has 0 unspecified atom stereocenters. The predicted molar refractivity (Wildman–Crippen MR) is 97.0 cm³/mol. The Balaban J connectivity index is 2.01. The molecule has 3 rings (SSSR count). The lowest BCUT2D eigenvalue weighted by Gasteiger charge is -2.18. The zero-order valence-corrected chi connectivity index (χ0v) is 14.5. The Bertz CT molecular complexity index is 905. The van der Waals surface area contributed by atoms with Gasteiger partial charge in [0.1, 0.15) is 5.82 Å². The molecule has 0 aliphatic rings. The molecule has 1 heterocycles. The molecule has 1 atom stereocenters. The van der Waals surface area contributed by atoms with Crippen molar-refractivity contribution in [3.63, 3.8) is 0 Å². The van der Waals surface area contributed by atoms with Crippen molar-refractivity contribution in [2.45, 2.75) is 37.2 Å². The fraction of sp³-hybridized carbons (Fsp3) is 0.263. The number of hydrogen-bond acceptors (Lipinski definition) is 3. The van der Waals surface area contributed by atoms with E-state index >= 15 is 0 Å². The van der Waals surface area contributed by atoms with E-state index in [1.165, 1.54) is 23.9 Å². The molecule has 0 amide bonds.